The minimum absolute atomic E-state index is 0.0792. The van der Waals surface area contributed by atoms with E-state index < -0.39 is 0 Å². The minimum Gasteiger partial charge on any atom is -0.328 e. The number of amides is 1. The van der Waals surface area contributed by atoms with Gasteiger partial charge >= 0.3 is 0 Å². The Morgan fingerprint density at radius 1 is 1.13 bits per heavy atom. The van der Waals surface area contributed by atoms with Gasteiger partial charge in [-0.15, -0.1) is 0 Å². The van der Waals surface area contributed by atoms with Crippen LogP contribution >= 0.6 is 15.9 Å². The first-order valence-corrected chi connectivity index (χ1v) is 8.54. The van der Waals surface area contributed by atoms with Gasteiger partial charge in [-0.25, -0.2) is 4.39 Å². The molecule has 120 valence electrons. The van der Waals surface area contributed by atoms with E-state index in [-0.39, 0.29) is 11.7 Å². The average Bonchev–Trinajstić information content (AvgIpc) is 2.57. The third-order valence-corrected chi connectivity index (χ3v) is 5.00. The molecular formula is C18H19BrFN2O+. The molecule has 3 nitrogen and oxygen atoms in total. The highest BCUT2D eigenvalue weighted by molar-refractivity contribution is 9.10. The lowest BCUT2D eigenvalue weighted by Crippen LogP contribution is -3.13. The van der Waals surface area contributed by atoms with E-state index in [1.165, 1.54) is 22.6 Å². The Balaban J connectivity index is 1.58. The summed E-state index contributed by atoms with van der Waals surface area (Å²) in [7, 11) is 0. The molecule has 0 saturated carbocycles. The van der Waals surface area contributed by atoms with Gasteiger partial charge in [-0.05, 0) is 24.3 Å². The standard InChI is InChI=1S/C18H18BrFN2O/c19-17-7-2-1-4-15(17)13-21-8-10-22(11-9-21)18(23)14-5-3-6-16(20)12-14/h1-7,12H,8-11,13H2/p+1. The highest BCUT2D eigenvalue weighted by Gasteiger charge is 2.25. The van der Waals surface area contributed by atoms with Gasteiger partial charge < -0.3 is 9.80 Å². The van der Waals surface area contributed by atoms with E-state index in [4.69, 9.17) is 0 Å². The molecule has 2 aromatic carbocycles. The Kier molecular flexibility index (Phi) is 5.08. The van der Waals surface area contributed by atoms with Gasteiger partial charge in [0.05, 0.1) is 26.2 Å². The van der Waals surface area contributed by atoms with Crippen molar-refractivity contribution in [2.75, 3.05) is 26.2 Å². The number of carbonyl (C=O) groups is 1. The van der Waals surface area contributed by atoms with Crippen LogP contribution in [0.5, 0.6) is 0 Å². The summed E-state index contributed by atoms with van der Waals surface area (Å²) >= 11 is 3.58. The van der Waals surface area contributed by atoms with Crippen LogP contribution < -0.4 is 4.90 Å². The molecule has 0 aromatic heterocycles. The van der Waals surface area contributed by atoms with Gasteiger partial charge in [-0.1, -0.05) is 40.2 Å². The first kappa shape index (κ1) is 16.1. The molecule has 0 unspecified atom stereocenters. The van der Waals surface area contributed by atoms with Crippen molar-refractivity contribution in [3.8, 4) is 0 Å². The van der Waals surface area contributed by atoms with E-state index in [9.17, 15) is 9.18 Å². The predicted molar refractivity (Wildman–Crippen MR) is 90.8 cm³/mol. The molecule has 0 atom stereocenters. The highest BCUT2D eigenvalue weighted by atomic mass is 79.9. The number of halogens is 2. The van der Waals surface area contributed by atoms with Gasteiger partial charge in [0.25, 0.3) is 5.91 Å². The number of piperazine rings is 1. The fraction of sp³-hybridized carbons (Fsp3) is 0.278. The molecular weight excluding hydrogens is 359 g/mol. The van der Waals surface area contributed by atoms with Gasteiger partial charge in [0.2, 0.25) is 0 Å². The molecule has 0 radical (unpaired) electrons. The van der Waals surface area contributed by atoms with Crippen molar-refractivity contribution in [2.24, 2.45) is 0 Å². The van der Waals surface area contributed by atoms with Crippen LogP contribution in [-0.2, 0) is 6.54 Å². The zero-order valence-electron chi connectivity index (χ0n) is 12.8. The van der Waals surface area contributed by atoms with Crippen LogP contribution in [0.15, 0.2) is 53.0 Å². The van der Waals surface area contributed by atoms with Crippen LogP contribution in [0.3, 0.4) is 0 Å². The summed E-state index contributed by atoms with van der Waals surface area (Å²) in [6.45, 7) is 4.17. The summed E-state index contributed by atoms with van der Waals surface area (Å²) in [6.07, 6.45) is 0. The number of nitrogens with one attached hydrogen (secondary N) is 1. The molecule has 1 saturated heterocycles. The average molecular weight is 378 g/mol. The number of rotatable bonds is 3. The predicted octanol–water partition coefficient (Wildman–Crippen LogP) is 2.13. The quantitative estimate of drug-likeness (QED) is 0.870. The molecule has 1 heterocycles. The summed E-state index contributed by atoms with van der Waals surface area (Å²) in [4.78, 5) is 15.7. The summed E-state index contributed by atoms with van der Waals surface area (Å²) in [6, 6.07) is 14.2. The molecule has 0 aliphatic carbocycles. The van der Waals surface area contributed by atoms with E-state index in [2.05, 4.69) is 28.1 Å². The second kappa shape index (κ2) is 7.23. The molecule has 1 fully saturated rings. The molecule has 1 aliphatic rings. The van der Waals surface area contributed by atoms with E-state index in [0.717, 1.165) is 24.1 Å². The van der Waals surface area contributed by atoms with Crippen molar-refractivity contribution in [1.29, 1.82) is 0 Å². The lowest BCUT2D eigenvalue weighted by Gasteiger charge is -2.32. The number of benzene rings is 2. The summed E-state index contributed by atoms with van der Waals surface area (Å²) < 4.78 is 14.4. The van der Waals surface area contributed by atoms with Crippen molar-refractivity contribution in [3.05, 3.63) is 69.9 Å². The maximum Gasteiger partial charge on any atom is 0.254 e. The van der Waals surface area contributed by atoms with Gasteiger partial charge in [-0.2, -0.15) is 0 Å². The maximum absolute atomic E-state index is 13.3. The van der Waals surface area contributed by atoms with Crippen LogP contribution in [0, 0.1) is 5.82 Å². The molecule has 5 heteroatoms. The largest absolute Gasteiger partial charge is 0.328 e. The molecule has 1 N–H and O–H groups in total. The first-order valence-electron chi connectivity index (χ1n) is 7.75. The van der Waals surface area contributed by atoms with E-state index >= 15 is 0 Å². The molecule has 3 rings (SSSR count). The zero-order valence-corrected chi connectivity index (χ0v) is 14.4. The summed E-state index contributed by atoms with van der Waals surface area (Å²) in [5.41, 5.74) is 1.71. The monoisotopic (exact) mass is 377 g/mol. The van der Waals surface area contributed by atoms with E-state index in [1.54, 1.807) is 12.1 Å². The molecule has 23 heavy (non-hydrogen) atoms. The fourth-order valence-electron chi connectivity index (χ4n) is 2.92. The summed E-state index contributed by atoms with van der Waals surface area (Å²) in [5, 5.41) is 0. The lowest BCUT2D eigenvalue weighted by atomic mass is 10.1. The minimum atomic E-state index is -0.367. The zero-order chi connectivity index (χ0) is 16.2. The Morgan fingerprint density at radius 2 is 1.87 bits per heavy atom. The van der Waals surface area contributed by atoms with Crippen LogP contribution in [0.1, 0.15) is 15.9 Å². The van der Waals surface area contributed by atoms with Crippen molar-refractivity contribution in [2.45, 2.75) is 6.54 Å². The number of hydrogen-bond acceptors (Lipinski definition) is 1. The topological polar surface area (TPSA) is 24.8 Å². The highest BCUT2D eigenvalue weighted by Crippen LogP contribution is 2.14. The van der Waals surface area contributed by atoms with E-state index in [0.29, 0.717) is 18.7 Å². The maximum atomic E-state index is 13.3. The Bertz CT molecular complexity index is 699. The SMILES string of the molecule is O=C(c1cccc(F)c1)N1CC[NH+](Cc2ccccc2Br)CC1. The molecule has 0 bridgehead atoms. The van der Waals surface area contributed by atoms with Crippen molar-refractivity contribution in [3.63, 3.8) is 0 Å². The number of hydrogen-bond donors (Lipinski definition) is 1. The number of quaternary nitrogens is 1. The first-order chi connectivity index (χ1) is 11.1. The second-order valence-corrected chi connectivity index (χ2v) is 6.68. The molecule has 1 aliphatic heterocycles. The lowest BCUT2D eigenvalue weighted by molar-refractivity contribution is -0.917. The van der Waals surface area contributed by atoms with Gasteiger partial charge in [0.1, 0.15) is 12.4 Å². The Hall–Kier alpha value is -1.72. The van der Waals surface area contributed by atoms with Gasteiger partial charge in [0.15, 0.2) is 0 Å². The third kappa shape index (κ3) is 3.98. The van der Waals surface area contributed by atoms with Crippen molar-refractivity contribution >= 4 is 21.8 Å². The van der Waals surface area contributed by atoms with Crippen LogP contribution in [-0.4, -0.2) is 37.0 Å². The van der Waals surface area contributed by atoms with Crippen molar-refractivity contribution < 1.29 is 14.1 Å². The normalized spacial score (nSPS) is 15.7. The van der Waals surface area contributed by atoms with Gasteiger partial charge in [-0.3, -0.25) is 4.79 Å². The molecule has 2 aromatic rings. The number of nitrogens with zero attached hydrogens (tertiary/aromatic N) is 1. The van der Waals surface area contributed by atoms with Crippen LogP contribution in [0.25, 0.3) is 0 Å². The van der Waals surface area contributed by atoms with E-state index in [1.807, 2.05) is 17.0 Å². The third-order valence-electron chi connectivity index (χ3n) is 4.23. The van der Waals surface area contributed by atoms with Crippen molar-refractivity contribution in [1.82, 2.24) is 4.90 Å². The fourth-order valence-corrected chi connectivity index (χ4v) is 3.34. The molecule has 1 amide bonds. The Morgan fingerprint density at radius 3 is 2.57 bits per heavy atom. The number of carbonyl (C=O) groups excluding carboxylic acids is 1. The van der Waals surface area contributed by atoms with Crippen LogP contribution in [0.2, 0.25) is 0 Å². The Labute approximate surface area is 143 Å². The molecule has 0 spiro atoms. The summed E-state index contributed by atoms with van der Waals surface area (Å²) in [5.74, 6) is -0.446. The second-order valence-electron chi connectivity index (χ2n) is 5.82. The van der Waals surface area contributed by atoms with Crippen LogP contribution in [0.4, 0.5) is 4.39 Å². The van der Waals surface area contributed by atoms with Gasteiger partial charge in [0, 0.05) is 15.6 Å². The smallest absolute Gasteiger partial charge is 0.254 e.